The molecule has 5 aromatic rings. The fourth-order valence-electron chi connectivity index (χ4n) is 4.28. The van der Waals surface area contributed by atoms with E-state index < -0.39 is 37.0 Å². The highest BCUT2D eigenvalue weighted by Gasteiger charge is 2.39. The molecule has 0 aliphatic rings. The Morgan fingerprint density at radius 2 is 1.70 bits per heavy atom. The van der Waals surface area contributed by atoms with E-state index in [1.54, 1.807) is 6.92 Å². The molecule has 3 N–H and O–H groups in total. The number of aromatic hydroxyl groups is 1. The highest BCUT2D eigenvalue weighted by Crippen LogP contribution is 2.39. The molecule has 2 aromatic heterocycles. The van der Waals surface area contributed by atoms with Gasteiger partial charge in [-0.2, -0.15) is 5.26 Å². The van der Waals surface area contributed by atoms with Gasteiger partial charge in [-0.3, -0.25) is 9.89 Å². The molecule has 0 bridgehead atoms. The van der Waals surface area contributed by atoms with Gasteiger partial charge in [-0.1, -0.05) is 32.4 Å². The molecule has 0 amide bonds. The Bertz CT molecular complexity index is 2010. The van der Waals surface area contributed by atoms with Crippen LogP contribution in [0.4, 0.5) is 17.6 Å². The first-order chi connectivity index (χ1) is 20.5. The average molecular weight is 645 g/mol. The molecule has 44 heavy (non-hydrogen) atoms. The lowest BCUT2D eigenvalue weighted by atomic mass is 10.00. The summed E-state index contributed by atoms with van der Waals surface area (Å²) in [5.41, 5.74) is 0.277. The molecule has 0 atom stereocenters. The van der Waals surface area contributed by atoms with E-state index in [0.29, 0.717) is 22.7 Å². The van der Waals surface area contributed by atoms with Crippen molar-refractivity contribution in [3.63, 3.8) is 0 Å². The van der Waals surface area contributed by atoms with Crippen LogP contribution in [0.2, 0.25) is 23.2 Å². The van der Waals surface area contributed by atoms with Crippen LogP contribution in [0.15, 0.2) is 41.2 Å². The Kier molecular flexibility index (Phi) is 8.86. The quantitative estimate of drug-likeness (QED) is 0.134. The third kappa shape index (κ3) is 6.16. The number of rotatable bonds is 4. The standard InChI is InChI=1S/C17H10ClF2N3O2.C14H19F2NOSi/c1-6-12-14-13(9(19)5-11(25)15(14)20)16(21-17(12)23-22-6)7-2-3-10(24)8(18)4-7;1-14(2,3)19(4,5)18-12-9-11(15)8-10(6-7-17)13(12)16/h2-5,24H,1H3,(H2,21,22,23);8-9H,6H2,1-5H3. The first-order valence-corrected chi connectivity index (χ1v) is 16.7. The maximum atomic E-state index is 14.6. The molecule has 0 aliphatic carbocycles. The molecule has 13 heteroatoms. The lowest BCUT2D eigenvalue weighted by Crippen LogP contribution is -2.44. The molecule has 0 saturated heterocycles. The summed E-state index contributed by atoms with van der Waals surface area (Å²) in [5, 5.41) is 23.7. The lowest BCUT2D eigenvalue weighted by molar-refractivity contribution is 0.448. The minimum Gasteiger partial charge on any atom is -0.541 e. The van der Waals surface area contributed by atoms with Gasteiger partial charge in [-0.05, 0) is 49.3 Å². The first kappa shape index (κ1) is 32.6. The normalized spacial score (nSPS) is 11.8. The van der Waals surface area contributed by atoms with E-state index in [4.69, 9.17) is 21.3 Å². The zero-order chi connectivity index (χ0) is 32.7. The van der Waals surface area contributed by atoms with Crippen LogP contribution in [0.1, 0.15) is 32.0 Å². The summed E-state index contributed by atoms with van der Waals surface area (Å²) in [6.45, 7) is 11.6. The van der Waals surface area contributed by atoms with Crippen LogP contribution in [0.25, 0.3) is 33.1 Å². The van der Waals surface area contributed by atoms with Crippen molar-refractivity contribution in [3.05, 3.63) is 86.2 Å². The number of nitrogens with one attached hydrogen (secondary N) is 2. The fourth-order valence-corrected chi connectivity index (χ4v) is 5.46. The number of hydrogen-bond donors (Lipinski definition) is 3. The monoisotopic (exact) mass is 644 g/mol. The first-order valence-electron chi connectivity index (χ1n) is 13.4. The van der Waals surface area contributed by atoms with E-state index in [0.717, 1.165) is 12.1 Å². The van der Waals surface area contributed by atoms with Crippen molar-refractivity contribution in [2.75, 3.05) is 0 Å². The summed E-state index contributed by atoms with van der Waals surface area (Å²) in [4.78, 5) is 16.1. The summed E-state index contributed by atoms with van der Waals surface area (Å²) in [7, 11) is -2.24. The number of aryl methyl sites for hydroxylation is 1. The predicted octanol–water partition coefficient (Wildman–Crippen LogP) is 8.43. The average Bonchev–Trinajstić information content (AvgIpc) is 3.30. The van der Waals surface area contributed by atoms with E-state index >= 15 is 0 Å². The molecule has 0 saturated carbocycles. The Morgan fingerprint density at radius 1 is 1.02 bits per heavy atom. The van der Waals surface area contributed by atoms with Gasteiger partial charge in [0, 0.05) is 39.7 Å². The molecule has 2 heterocycles. The number of aromatic amines is 2. The zero-order valence-electron chi connectivity index (χ0n) is 24.7. The number of fused-ring (bicyclic) bond motifs is 3. The molecule has 0 unspecified atom stereocenters. The topological polar surface area (TPSA) is 115 Å². The molecule has 230 valence electrons. The smallest absolute Gasteiger partial charge is 0.250 e. The predicted molar refractivity (Wildman–Crippen MR) is 164 cm³/mol. The second kappa shape index (κ2) is 12.0. The number of halogens is 5. The van der Waals surface area contributed by atoms with Gasteiger partial charge in [-0.15, -0.1) is 0 Å². The largest absolute Gasteiger partial charge is 0.541 e. The Balaban J connectivity index is 0.000000210. The van der Waals surface area contributed by atoms with E-state index in [1.165, 1.54) is 18.2 Å². The number of nitriles is 1. The third-order valence-electron chi connectivity index (χ3n) is 7.61. The van der Waals surface area contributed by atoms with Crippen molar-refractivity contribution in [2.45, 2.75) is 52.2 Å². The van der Waals surface area contributed by atoms with Gasteiger partial charge >= 0.3 is 0 Å². The van der Waals surface area contributed by atoms with Gasteiger partial charge < -0.3 is 14.6 Å². The number of H-pyrrole nitrogens is 2. The van der Waals surface area contributed by atoms with Crippen LogP contribution in [-0.4, -0.2) is 28.6 Å². The van der Waals surface area contributed by atoms with Crippen LogP contribution in [0.5, 0.6) is 11.5 Å². The molecule has 0 radical (unpaired) electrons. The number of nitrogens with zero attached hydrogens (tertiary/aromatic N) is 2. The van der Waals surface area contributed by atoms with Crippen LogP contribution < -0.4 is 9.85 Å². The number of hydrogen-bond acceptors (Lipinski definition) is 5. The highest BCUT2D eigenvalue weighted by atomic mass is 35.5. The van der Waals surface area contributed by atoms with Crippen molar-refractivity contribution in [1.82, 2.24) is 15.2 Å². The Labute approximate surface area is 256 Å². The minimum absolute atomic E-state index is 0.0382. The number of phenolic OH excluding ortho intramolecular Hbond substituents is 1. The van der Waals surface area contributed by atoms with E-state index in [9.17, 15) is 27.5 Å². The maximum Gasteiger partial charge on any atom is 0.250 e. The van der Waals surface area contributed by atoms with Gasteiger partial charge in [0.1, 0.15) is 23.1 Å². The van der Waals surface area contributed by atoms with E-state index in [1.807, 2.05) is 39.9 Å². The number of benzene rings is 3. The van der Waals surface area contributed by atoms with Gasteiger partial charge in [0.15, 0.2) is 17.3 Å². The Morgan fingerprint density at radius 3 is 2.32 bits per heavy atom. The van der Waals surface area contributed by atoms with Gasteiger partial charge in [0.25, 0.3) is 8.32 Å². The summed E-state index contributed by atoms with van der Waals surface area (Å²) < 4.78 is 62.6. The van der Waals surface area contributed by atoms with E-state index in [-0.39, 0.29) is 55.7 Å². The van der Waals surface area contributed by atoms with Crippen molar-refractivity contribution in [2.24, 2.45) is 0 Å². The van der Waals surface area contributed by atoms with E-state index in [2.05, 4.69) is 15.2 Å². The van der Waals surface area contributed by atoms with Crippen LogP contribution in [-0.2, 0) is 6.42 Å². The molecule has 5 rings (SSSR count). The summed E-state index contributed by atoms with van der Waals surface area (Å²) in [6, 6.07) is 8.72. The minimum atomic E-state index is -2.24. The molecule has 3 aromatic carbocycles. The molecule has 0 fully saturated rings. The highest BCUT2D eigenvalue weighted by molar-refractivity contribution is 6.74. The molecule has 0 aliphatic heterocycles. The van der Waals surface area contributed by atoms with Gasteiger partial charge in [0.05, 0.1) is 28.6 Å². The number of aromatic nitrogens is 3. The van der Waals surface area contributed by atoms with Crippen LogP contribution >= 0.6 is 11.6 Å². The van der Waals surface area contributed by atoms with Crippen molar-refractivity contribution >= 4 is 41.7 Å². The van der Waals surface area contributed by atoms with Gasteiger partial charge in [-0.25, -0.2) is 22.5 Å². The van der Waals surface area contributed by atoms with Gasteiger partial charge in [0.2, 0.25) is 5.43 Å². The van der Waals surface area contributed by atoms with Crippen LogP contribution in [0, 0.1) is 41.5 Å². The summed E-state index contributed by atoms with van der Waals surface area (Å²) in [6.07, 6.45) is -0.169. The molecular weight excluding hydrogens is 616 g/mol. The summed E-state index contributed by atoms with van der Waals surface area (Å²) in [5.74, 6) is -3.38. The second-order valence-corrected chi connectivity index (χ2v) is 16.9. The van der Waals surface area contributed by atoms with Crippen molar-refractivity contribution in [3.8, 4) is 28.8 Å². The molecule has 0 spiro atoms. The summed E-state index contributed by atoms with van der Waals surface area (Å²) >= 11 is 5.92. The van der Waals surface area contributed by atoms with Crippen molar-refractivity contribution in [1.29, 1.82) is 5.26 Å². The zero-order valence-corrected chi connectivity index (χ0v) is 26.5. The number of phenols is 1. The Hall–Kier alpha value is -4.34. The lowest BCUT2D eigenvalue weighted by Gasteiger charge is -2.36. The maximum absolute atomic E-state index is 14.6. The third-order valence-corrected chi connectivity index (χ3v) is 12.3. The fraction of sp³-hybridized carbons (Fsp3) is 0.258. The van der Waals surface area contributed by atoms with Crippen LogP contribution in [0.3, 0.4) is 0 Å². The molecule has 7 nitrogen and oxygen atoms in total. The van der Waals surface area contributed by atoms with Crippen molar-refractivity contribution < 1.29 is 27.1 Å². The molecular formula is C31H29ClF4N4O3Si. The second-order valence-electron chi connectivity index (χ2n) is 11.7. The SMILES string of the molecule is CC(C)(C)[Si](C)(C)Oc1cc(F)cc(CC#N)c1F.Cc1[nH][nH]c2nc(-c3ccc(O)c(Cl)c3)c3c(F)cc(=O)c(F)c3c12. The number of pyridine rings is 1.